The number of piperidine rings is 1. The number of rotatable bonds is 12. The molecule has 5 nitrogen and oxygen atoms in total. The quantitative estimate of drug-likeness (QED) is 0.371. The van der Waals surface area contributed by atoms with Gasteiger partial charge in [0.05, 0.1) is 0 Å². The molecule has 0 radical (unpaired) electrons. The van der Waals surface area contributed by atoms with Gasteiger partial charge in [-0.25, -0.2) is 4.79 Å². The lowest BCUT2D eigenvalue weighted by atomic mass is 9.90. The number of carbonyl (C=O) groups is 1. The molecule has 0 spiro atoms. The number of benzene rings is 2. The molecule has 202 valence electrons. The van der Waals surface area contributed by atoms with Gasteiger partial charge >= 0.3 is 6.09 Å². The van der Waals surface area contributed by atoms with Crippen molar-refractivity contribution >= 4 is 6.09 Å². The number of alkyl carbamates (subject to hydrolysis) is 1. The smallest absolute Gasteiger partial charge is 0.407 e. The van der Waals surface area contributed by atoms with Gasteiger partial charge in [-0.05, 0) is 114 Å². The maximum atomic E-state index is 12.2. The summed E-state index contributed by atoms with van der Waals surface area (Å²) >= 11 is 0. The summed E-state index contributed by atoms with van der Waals surface area (Å²) in [5, 5.41) is 2.96. The molecular weight excluding hydrogens is 458 g/mol. The van der Waals surface area contributed by atoms with Gasteiger partial charge < -0.3 is 15.0 Å². The Morgan fingerprint density at radius 1 is 0.973 bits per heavy atom. The van der Waals surface area contributed by atoms with Crippen LogP contribution in [0.1, 0.15) is 75.5 Å². The fourth-order valence-corrected chi connectivity index (χ4v) is 5.49. The molecule has 1 aliphatic carbocycles. The molecule has 2 aromatic rings. The minimum absolute atomic E-state index is 0.329. The molecule has 1 saturated carbocycles. The monoisotopic (exact) mass is 505 g/mol. The second-order valence-corrected chi connectivity index (χ2v) is 12.0. The van der Waals surface area contributed by atoms with E-state index in [1.165, 1.54) is 61.9 Å². The normalized spacial score (nSPS) is 17.2. The van der Waals surface area contributed by atoms with Crippen LogP contribution in [-0.2, 0) is 17.7 Å². The molecule has 4 rings (SSSR count). The van der Waals surface area contributed by atoms with Crippen LogP contribution in [0.15, 0.2) is 54.6 Å². The predicted octanol–water partition coefficient (Wildman–Crippen LogP) is 6.24. The predicted molar refractivity (Wildman–Crippen MR) is 152 cm³/mol. The third-order valence-corrected chi connectivity index (χ3v) is 7.59. The van der Waals surface area contributed by atoms with Gasteiger partial charge in [0.15, 0.2) is 0 Å². The van der Waals surface area contributed by atoms with Gasteiger partial charge in [0.25, 0.3) is 0 Å². The van der Waals surface area contributed by atoms with Crippen LogP contribution in [0.5, 0.6) is 0 Å². The zero-order valence-corrected chi connectivity index (χ0v) is 23.3. The highest BCUT2D eigenvalue weighted by atomic mass is 16.6. The molecule has 1 heterocycles. The lowest BCUT2D eigenvalue weighted by Gasteiger charge is -2.33. The summed E-state index contributed by atoms with van der Waals surface area (Å²) in [7, 11) is 0. The Morgan fingerprint density at radius 3 is 2.38 bits per heavy atom. The van der Waals surface area contributed by atoms with Crippen LogP contribution < -0.4 is 5.32 Å². The number of likely N-dealkylation sites (tertiary alicyclic amines) is 1. The molecule has 2 aromatic carbocycles. The number of hydrogen-bond donors (Lipinski definition) is 1. The van der Waals surface area contributed by atoms with Crippen molar-refractivity contribution in [3.63, 3.8) is 0 Å². The number of amides is 1. The minimum Gasteiger partial charge on any atom is -0.444 e. The first-order chi connectivity index (χ1) is 17.9. The van der Waals surface area contributed by atoms with Crippen molar-refractivity contribution in [2.75, 3.05) is 39.3 Å². The molecule has 0 bridgehead atoms. The number of nitrogens with zero attached hydrogens (tertiary/aromatic N) is 2. The van der Waals surface area contributed by atoms with Gasteiger partial charge in [0.2, 0.25) is 0 Å². The number of ether oxygens (including phenoxy) is 1. The van der Waals surface area contributed by atoms with E-state index in [-0.39, 0.29) is 6.09 Å². The van der Waals surface area contributed by atoms with E-state index in [9.17, 15) is 4.79 Å². The fraction of sp³-hybridized carbons (Fsp3) is 0.594. The number of carbonyl (C=O) groups excluding carboxylic acids is 1. The van der Waals surface area contributed by atoms with Crippen molar-refractivity contribution in [3.05, 3.63) is 71.3 Å². The summed E-state index contributed by atoms with van der Waals surface area (Å²) in [6.45, 7) is 12.7. The maximum Gasteiger partial charge on any atom is 0.407 e. The lowest BCUT2D eigenvalue weighted by Crippen LogP contribution is -2.39. The van der Waals surface area contributed by atoms with Gasteiger partial charge in [-0.2, -0.15) is 0 Å². The van der Waals surface area contributed by atoms with E-state index >= 15 is 0 Å². The van der Waals surface area contributed by atoms with Crippen molar-refractivity contribution in [3.8, 4) is 0 Å². The van der Waals surface area contributed by atoms with E-state index < -0.39 is 5.60 Å². The van der Waals surface area contributed by atoms with Gasteiger partial charge in [-0.15, -0.1) is 0 Å². The fourth-order valence-electron chi connectivity index (χ4n) is 5.49. The SMILES string of the molecule is CC(C)(C)OC(=O)NCCN(CCCN1CCC(Cc2ccccc2)CC1)Cc1ccccc1C1CC1. The van der Waals surface area contributed by atoms with Crippen molar-refractivity contribution in [1.82, 2.24) is 15.1 Å². The minimum atomic E-state index is -0.471. The van der Waals surface area contributed by atoms with Gasteiger partial charge in [-0.1, -0.05) is 54.6 Å². The molecule has 37 heavy (non-hydrogen) atoms. The second-order valence-electron chi connectivity index (χ2n) is 12.0. The summed E-state index contributed by atoms with van der Waals surface area (Å²) in [5.41, 5.74) is 3.97. The standard InChI is InChI=1S/C32H47N3O2/c1-32(2,3)37-31(36)33-18-23-35(25-29-12-7-8-13-30(29)28-14-15-28)20-9-19-34-21-16-27(17-22-34)24-26-10-5-4-6-11-26/h4-8,10-13,27-28H,9,14-25H2,1-3H3,(H,33,36). The average Bonchev–Trinajstić information content (AvgIpc) is 3.70. The van der Waals surface area contributed by atoms with E-state index in [1.54, 1.807) is 0 Å². The van der Waals surface area contributed by atoms with Crippen LogP contribution in [0.2, 0.25) is 0 Å². The van der Waals surface area contributed by atoms with Crippen molar-refractivity contribution < 1.29 is 9.53 Å². The molecule has 5 heteroatoms. The summed E-state index contributed by atoms with van der Waals surface area (Å²) in [5.74, 6) is 1.56. The van der Waals surface area contributed by atoms with Crippen LogP contribution in [0, 0.1) is 5.92 Å². The maximum absolute atomic E-state index is 12.2. The van der Waals surface area contributed by atoms with E-state index in [0.717, 1.165) is 44.4 Å². The van der Waals surface area contributed by atoms with Crippen molar-refractivity contribution in [2.24, 2.45) is 5.92 Å². The van der Waals surface area contributed by atoms with E-state index in [2.05, 4.69) is 69.7 Å². The topological polar surface area (TPSA) is 44.8 Å². The van der Waals surface area contributed by atoms with E-state index in [4.69, 9.17) is 4.74 Å². The zero-order chi connectivity index (χ0) is 26.1. The summed E-state index contributed by atoms with van der Waals surface area (Å²) in [6, 6.07) is 19.9. The Balaban J connectivity index is 1.24. The first-order valence-electron chi connectivity index (χ1n) is 14.4. The second kappa shape index (κ2) is 13.4. The molecule has 0 unspecified atom stereocenters. The molecule has 1 aliphatic heterocycles. The van der Waals surface area contributed by atoms with Crippen molar-refractivity contribution in [2.45, 2.75) is 77.4 Å². The zero-order valence-electron chi connectivity index (χ0n) is 23.3. The summed E-state index contributed by atoms with van der Waals surface area (Å²) in [4.78, 5) is 17.3. The van der Waals surface area contributed by atoms with Crippen LogP contribution in [0.4, 0.5) is 4.79 Å². The molecule has 1 saturated heterocycles. The van der Waals surface area contributed by atoms with Crippen LogP contribution in [-0.4, -0.2) is 60.8 Å². The van der Waals surface area contributed by atoms with Crippen LogP contribution >= 0.6 is 0 Å². The van der Waals surface area contributed by atoms with Crippen molar-refractivity contribution in [1.29, 1.82) is 0 Å². The van der Waals surface area contributed by atoms with Gasteiger partial charge in [-0.3, -0.25) is 4.90 Å². The van der Waals surface area contributed by atoms with Gasteiger partial charge in [0.1, 0.15) is 5.60 Å². The number of hydrogen-bond acceptors (Lipinski definition) is 4. The Hall–Kier alpha value is -2.37. The van der Waals surface area contributed by atoms with Crippen LogP contribution in [0.3, 0.4) is 0 Å². The molecule has 2 aliphatic rings. The largest absolute Gasteiger partial charge is 0.444 e. The molecule has 1 N–H and O–H groups in total. The Morgan fingerprint density at radius 2 is 1.68 bits per heavy atom. The highest BCUT2D eigenvalue weighted by Crippen LogP contribution is 2.41. The van der Waals surface area contributed by atoms with E-state index in [0.29, 0.717) is 6.54 Å². The summed E-state index contributed by atoms with van der Waals surface area (Å²) in [6.07, 6.45) is 7.27. The highest BCUT2D eigenvalue weighted by molar-refractivity contribution is 5.67. The Labute approximate surface area is 224 Å². The lowest BCUT2D eigenvalue weighted by molar-refractivity contribution is 0.0521. The Kier molecular flexibility index (Phi) is 10.0. The molecule has 0 aromatic heterocycles. The van der Waals surface area contributed by atoms with E-state index in [1.807, 2.05) is 20.8 Å². The van der Waals surface area contributed by atoms with Gasteiger partial charge in [0, 0.05) is 19.6 Å². The summed E-state index contributed by atoms with van der Waals surface area (Å²) < 4.78 is 5.43. The third kappa shape index (κ3) is 9.79. The molecule has 1 amide bonds. The third-order valence-electron chi connectivity index (χ3n) is 7.59. The average molecular weight is 506 g/mol. The highest BCUT2D eigenvalue weighted by Gasteiger charge is 2.26. The Bertz CT molecular complexity index is 959. The molecular formula is C32H47N3O2. The first kappa shape index (κ1) is 27.7. The first-order valence-corrected chi connectivity index (χ1v) is 14.4. The molecule has 2 fully saturated rings. The van der Waals surface area contributed by atoms with Crippen LogP contribution in [0.25, 0.3) is 0 Å². The molecule has 0 atom stereocenters. The number of nitrogens with one attached hydrogen (secondary N) is 1.